The van der Waals surface area contributed by atoms with Gasteiger partial charge in [0.25, 0.3) is 5.91 Å². The minimum absolute atomic E-state index is 0.313. The van der Waals surface area contributed by atoms with Crippen molar-refractivity contribution >= 4 is 56.1 Å². The Balaban J connectivity index is 1.76. The predicted octanol–water partition coefficient (Wildman–Crippen LogP) is 6.07. The monoisotopic (exact) mass is 438 g/mol. The van der Waals surface area contributed by atoms with Crippen molar-refractivity contribution < 1.29 is 4.79 Å². The Hall–Kier alpha value is -3.10. The Bertz CT molecular complexity index is 1340. The molecule has 4 rings (SSSR count). The van der Waals surface area contributed by atoms with Crippen molar-refractivity contribution in [3.8, 4) is 0 Å². The van der Waals surface area contributed by atoms with Crippen molar-refractivity contribution in [2.24, 2.45) is 10.2 Å². The van der Waals surface area contributed by atoms with Crippen molar-refractivity contribution in [1.29, 1.82) is 0 Å². The number of carbonyl (C=O) groups is 1. The van der Waals surface area contributed by atoms with Crippen LogP contribution in [0.4, 0.5) is 17.1 Å². The standard InChI is InChI=1S/C21H19ClN6OS/c1-10-9-11(2)24-20-16(10)17(23)19(30-20)21(29)28-13(4)18(12(3)27-28)26-25-15-8-6-5-7-14(15)22/h5-9H,23H2,1-4H3. The predicted molar refractivity (Wildman–Crippen MR) is 121 cm³/mol. The van der Waals surface area contributed by atoms with Gasteiger partial charge in [-0.05, 0) is 51.5 Å². The molecule has 1 aromatic carbocycles. The van der Waals surface area contributed by atoms with Gasteiger partial charge in [-0.2, -0.15) is 9.78 Å². The fourth-order valence-corrected chi connectivity index (χ4v) is 4.65. The van der Waals surface area contributed by atoms with E-state index < -0.39 is 0 Å². The maximum atomic E-state index is 13.3. The van der Waals surface area contributed by atoms with Crippen LogP contribution in [-0.4, -0.2) is 20.7 Å². The van der Waals surface area contributed by atoms with E-state index in [-0.39, 0.29) is 5.91 Å². The van der Waals surface area contributed by atoms with Crippen LogP contribution in [0.5, 0.6) is 0 Å². The smallest absolute Gasteiger partial charge is 0.290 e. The Morgan fingerprint density at radius 2 is 1.90 bits per heavy atom. The zero-order valence-electron chi connectivity index (χ0n) is 16.9. The van der Waals surface area contributed by atoms with Crippen LogP contribution in [0.2, 0.25) is 5.02 Å². The highest BCUT2D eigenvalue weighted by atomic mass is 35.5. The van der Waals surface area contributed by atoms with E-state index >= 15 is 0 Å². The molecule has 0 bridgehead atoms. The van der Waals surface area contributed by atoms with E-state index in [0.717, 1.165) is 21.5 Å². The third-order valence-electron chi connectivity index (χ3n) is 4.77. The number of fused-ring (bicyclic) bond motifs is 1. The van der Waals surface area contributed by atoms with Gasteiger partial charge < -0.3 is 5.73 Å². The minimum Gasteiger partial charge on any atom is -0.397 e. The van der Waals surface area contributed by atoms with E-state index in [9.17, 15) is 4.79 Å². The molecular weight excluding hydrogens is 420 g/mol. The number of nitrogens with two attached hydrogens (primary N) is 1. The summed E-state index contributed by atoms with van der Waals surface area (Å²) in [6.45, 7) is 7.43. The normalized spacial score (nSPS) is 11.6. The van der Waals surface area contributed by atoms with Gasteiger partial charge in [-0.25, -0.2) is 4.98 Å². The Morgan fingerprint density at radius 3 is 2.63 bits per heavy atom. The summed E-state index contributed by atoms with van der Waals surface area (Å²) in [5.41, 5.74) is 10.9. The van der Waals surface area contributed by atoms with Crippen molar-refractivity contribution in [3.63, 3.8) is 0 Å². The lowest BCUT2D eigenvalue weighted by atomic mass is 10.1. The molecule has 0 atom stereocenters. The molecule has 0 amide bonds. The van der Waals surface area contributed by atoms with E-state index in [1.165, 1.54) is 16.0 Å². The Kier molecular flexibility index (Phi) is 5.13. The van der Waals surface area contributed by atoms with Crippen molar-refractivity contribution in [2.45, 2.75) is 27.7 Å². The molecule has 3 aromatic heterocycles. The van der Waals surface area contributed by atoms with Gasteiger partial charge in [-0.1, -0.05) is 23.7 Å². The SMILES string of the molecule is Cc1cc(C)c2c(N)c(C(=O)n3nc(C)c(N=Nc4ccccc4Cl)c3C)sc2n1. The third-order valence-corrected chi connectivity index (χ3v) is 6.18. The van der Waals surface area contributed by atoms with Crippen LogP contribution in [0.1, 0.15) is 32.3 Å². The Labute approximate surface area is 182 Å². The van der Waals surface area contributed by atoms with Crippen LogP contribution >= 0.6 is 22.9 Å². The number of aryl methyl sites for hydroxylation is 3. The van der Waals surface area contributed by atoms with E-state index in [2.05, 4.69) is 20.3 Å². The fourth-order valence-electron chi connectivity index (χ4n) is 3.34. The lowest BCUT2D eigenvalue weighted by Gasteiger charge is -2.03. The minimum atomic E-state index is -0.313. The number of halogens is 1. The van der Waals surface area contributed by atoms with Crippen LogP contribution < -0.4 is 5.73 Å². The largest absolute Gasteiger partial charge is 0.397 e. The van der Waals surface area contributed by atoms with Gasteiger partial charge in [-0.3, -0.25) is 4.79 Å². The quantitative estimate of drug-likeness (QED) is 0.392. The zero-order valence-corrected chi connectivity index (χ0v) is 18.5. The average molecular weight is 439 g/mol. The van der Waals surface area contributed by atoms with Crippen molar-refractivity contribution in [1.82, 2.24) is 14.8 Å². The molecule has 0 aliphatic carbocycles. The van der Waals surface area contributed by atoms with Gasteiger partial charge in [0.15, 0.2) is 0 Å². The van der Waals surface area contributed by atoms with E-state index in [1.54, 1.807) is 26.0 Å². The Morgan fingerprint density at radius 1 is 1.17 bits per heavy atom. The first kappa shape index (κ1) is 20.2. The highest BCUT2D eigenvalue weighted by Crippen LogP contribution is 2.36. The summed E-state index contributed by atoms with van der Waals surface area (Å²) in [5, 5.41) is 14.2. The maximum absolute atomic E-state index is 13.3. The number of azo groups is 1. The number of nitrogen functional groups attached to an aromatic ring is 1. The first-order chi connectivity index (χ1) is 14.3. The summed E-state index contributed by atoms with van der Waals surface area (Å²) >= 11 is 7.41. The van der Waals surface area contributed by atoms with Crippen molar-refractivity contribution in [2.75, 3.05) is 5.73 Å². The topological polar surface area (TPSA) is 98.5 Å². The number of hydrogen-bond donors (Lipinski definition) is 1. The second-order valence-corrected chi connectivity index (χ2v) is 8.40. The zero-order chi connectivity index (χ0) is 21.6. The summed E-state index contributed by atoms with van der Waals surface area (Å²) in [7, 11) is 0. The molecular formula is C21H19ClN6OS. The van der Waals surface area contributed by atoms with Crippen LogP contribution in [0.3, 0.4) is 0 Å². The number of hydrogen-bond acceptors (Lipinski definition) is 7. The molecule has 0 unspecified atom stereocenters. The lowest BCUT2D eigenvalue weighted by Crippen LogP contribution is -2.15. The number of benzene rings is 1. The van der Waals surface area contributed by atoms with E-state index in [1.807, 2.05) is 32.0 Å². The third kappa shape index (κ3) is 3.38. The van der Waals surface area contributed by atoms with Crippen LogP contribution in [0, 0.1) is 27.7 Å². The summed E-state index contributed by atoms with van der Waals surface area (Å²) in [6.07, 6.45) is 0. The number of nitrogens with zero attached hydrogens (tertiary/aromatic N) is 5. The molecule has 7 nitrogen and oxygen atoms in total. The van der Waals surface area contributed by atoms with Crippen LogP contribution in [0.15, 0.2) is 40.6 Å². The number of pyridine rings is 1. The molecule has 0 saturated heterocycles. The maximum Gasteiger partial charge on any atom is 0.290 e. The van der Waals surface area contributed by atoms with Gasteiger partial charge in [0.05, 0.1) is 22.1 Å². The lowest BCUT2D eigenvalue weighted by molar-refractivity contribution is 0.0947. The fraction of sp³-hybridized carbons (Fsp3) is 0.190. The molecule has 0 radical (unpaired) electrons. The van der Waals surface area contributed by atoms with Gasteiger partial charge in [-0.15, -0.1) is 21.6 Å². The van der Waals surface area contributed by atoms with Gasteiger partial charge in [0.1, 0.15) is 21.1 Å². The summed E-state index contributed by atoms with van der Waals surface area (Å²) in [5.74, 6) is -0.313. The molecule has 30 heavy (non-hydrogen) atoms. The number of thiophene rings is 1. The number of carbonyl (C=O) groups excluding carboxylic acids is 1. The molecule has 0 aliphatic rings. The van der Waals surface area contributed by atoms with Gasteiger partial charge in [0.2, 0.25) is 0 Å². The molecule has 2 N–H and O–H groups in total. The molecule has 3 heterocycles. The van der Waals surface area contributed by atoms with Gasteiger partial charge in [0, 0.05) is 11.1 Å². The second-order valence-electron chi connectivity index (χ2n) is 6.99. The van der Waals surface area contributed by atoms with Crippen molar-refractivity contribution in [3.05, 3.63) is 62.9 Å². The number of aromatic nitrogens is 3. The molecule has 4 aromatic rings. The first-order valence-corrected chi connectivity index (χ1v) is 10.4. The van der Waals surface area contributed by atoms with E-state index in [0.29, 0.717) is 38.3 Å². The highest BCUT2D eigenvalue weighted by molar-refractivity contribution is 7.21. The molecule has 0 saturated carbocycles. The van der Waals surface area contributed by atoms with E-state index in [4.69, 9.17) is 17.3 Å². The average Bonchev–Trinajstić information content (AvgIpc) is 3.17. The number of rotatable bonds is 3. The molecule has 9 heteroatoms. The summed E-state index contributed by atoms with van der Waals surface area (Å²) in [4.78, 5) is 18.9. The molecule has 0 fully saturated rings. The first-order valence-electron chi connectivity index (χ1n) is 9.21. The number of anilines is 1. The highest BCUT2D eigenvalue weighted by Gasteiger charge is 2.24. The summed E-state index contributed by atoms with van der Waals surface area (Å²) < 4.78 is 1.32. The molecule has 0 spiro atoms. The molecule has 152 valence electrons. The van der Waals surface area contributed by atoms with Crippen LogP contribution in [0.25, 0.3) is 10.2 Å². The van der Waals surface area contributed by atoms with Gasteiger partial charge >= 0.3 is 0 Å². The molecule has 0 aliphatic heterocycles. The second kappa shape index (κ2) is 7.62. The summed E-state index contributed by atoms with van der Waals surface area (Å²) in [6, 6.07) is 9.11. The van der Waals surface area contributed by atoms with Crippen LogP contribution in [-0.2, 0) is 0 Å².